The number of carbonyl (C=O) groups is 2. The highest BCUT2D eigenvalue weighted by Crippen LogP contribution is 2.22. The lowest BCUT2D eigenvalue weighted by atomic mass is 9.96. The molecule has 2 aromatic carbocycles. The number of hydrogen-bond acceptors (Lipinski definition) is 4. The Kier molecular flexibility index (Phi) is 8.16. The van der Waals surface area contributed by atoms with Gasteiger partial charge in [-0.25, -0.2) is 9.59 Å². The molecule has 0 aromatic heterocycles. The summed E-state index contributed by atoms with van der Waals surface area (Å²) in [6.45, 7) is 5.95. The molecule has 0 saturated heterocycles. The molecule has 0 aliphatic heterocycles. The highest BCUT2D eigenvalue weighted by Gasteiger charge is 2.17. The molecule has 2 rings (SSSR count). The number of aromatic carboxylic acids is 2. The largest absolute Gasteiger partial charge is 0.489 e. The van der Waals surface area contributed by atoms with Crippen LogP contribution in [0.4, 0.5) is 0 Å². The average Bonchev–Trinajstić information content (AvgIpc) is 2.77. The van der Waals surface area contributed by atoms with E-state index in [1.54, 1.807) is 12.1 Å². The Bertz CT molecular complexity index is 999. The molecular weight excluding hydrogens is 396 g/mol. The van der Waals surface area contributed by atoms with Crippen LogP contribution in [0.5, 0.6) is 5.75 Å². The molecule has 0 radical (unpaired) electrons. The van der Waals surface area contributed by atoms with Gasteiger partial charge in [0.1, 0.15) is 12.4 Å². The maximum absolute atomic E-state index is 11.3. The summed E-state index contributed by atoms with van der Waals surface area (Å²) < 4.78 is 5.79. The normalized spacial score (nSPS) is 12.2. The second-order valence-electron chi connectivity index (χ2n) is 7.33. The molecular formula is C25H28O6. The van der Waals surface area contributed by atoms with Gasteiger partial charge in [-0.05, 0) is 60.7 Å². The van der Waals surface area contributed by atoms with Crippen LogP contribution in [0.1, 0.15) is 65.5 Å². The van der Waals surface area contributed by atoms with Crippen molar-refractivity contribution in [3.05, 3.63) is 82.9 Å². The smallest absolute Gasteiger partial charge is 0.336 e. The van der Waals surface area contributed by atoms with Crippen molar-refractivity contribution in [2.24, 2.45) is 0 Å². The molecule has 0 unspecified atom stereocenters. The molecule has 6 heteroatoms. The lowest BCUT2D eigenvalue weighted by Gasteiger charge is -2.19. The van der Waals surface area contributed by atoms with E-state index in [0.717, 1.165) is 11.1 Å². The first-order chi connectivity index (χ1) is 14.7. The Morgan fingerprint density at radius 1 is 1.00 bits per heavy atom. The summed E-state index contributed by atoms with van der Waals surface area (Å²) in [4.78, 5) is 22.5. The van der Waals surface area contributed by atoms with Crippen LogP contribution in [0.2, 0.25) is 0 Å². The van der Waals surface area contributed by atoms with E-state index in [0.29, 0.717) is 24.2 Å². The van der Waals surface area contributed by atoms with Crippen LogP contribution in [0.3, 0.4) is 0 Å². The van der Waals surface area contributed by atoms with Gasteiger partial charge < -0.3 is 20.1 Å². The number of benzene rings is 2. The maximum Gasteiger partial charge on any atom is 0.336 e. The molecule has 0 atom stereocenters. The fraction of sp³-hybridized carbons (Fsp3) is 0.280. The predicted molar refractivity (Wildman–Crippen MR) is 119 cm³/mol. The molecule has 164 valence electrons. The molecule has 0 aliphatic rings. The zero-order valence-corrected chi connectivity index (χ0v) is 18.0. The van der Waals surface area contributed by atoms with Gasteiger partial charge in [-0.3, -0.25) is 0 Å². The van der Waals surface area contributed by atoms with E-state index in [4.69, 9.17) is 9.84 Å². The van der Waals surface area contributed by atoms with Crippen molar-refractivity contribution in [2.45, 2.75) is 45.8 Å². The Labute approximate surface area is 182 Å². The third-order valence-electron chi connectivity index (χ3n) is 5.22. The lowest BCUT2D eigenvalue weighted by molar-refractivity contribution is 0.0651. The zero-order valence-electron chi connectivity index (χ0n) is 18.0. The van der Waals surface area contributed by atoms with Crippen molar-refractivity contribution >= 4 is 17.5 Å². The minimum atomic E-state index is -1.30. The molecule has 0 heterocycles. The van der Waals surface area contributed by atoms with Gasteiger partial charge in [0, 0.05) is 0 Å². The summed E-state index contributed by atoms with van der Waals surface area (Å²) >= 11 is 0. The Hall–Kier alpha value is -3.38. The summed E-state index contributed by atoms with van der Waals surface area (Å²) in [5.41, 5.74) is 1.17. The minimum absolute atomic E-state index is 0.104. The second-order valence-corrected chi connectivity index (χ2v) is 7.33. The molecule has 0 fully saturated rings. The highest BCUT2D eigenvalue weighted by molar-refractivity contribution is 6.01. The topological polar surface area (TPSA) is 104 Å². The van der Waals surface area contributed by atoms with Crippen LogP contribution in [0.15, 0.2) is 60.7 Å². The van der Waals surface area contributed by atoms with Crippen molar-refractivity contribution in [1.82, 2.24) is 0 Å². The Morgan fingerprint density at radius 2 is 1.68 bits per heavy atom. The summed E-state index contributed by atoms with van der Waals surface area (Å²) in [6.07, 6.45) is 6.88. The van der Waals surface area contributed by atoms with Gasteiger partial charge in [0.2, 0.25) is 0 Å². The van der Waals surface area contributed by atoms with Crippen LogP contribution in [-0.4, -0.2) is 32.9 Å². The Balaban J connectivity index is 2.13. The van der Waals surface area contributed by atoms with Crippen LogP contribution < -0.4 is 4.74 Å². The van der Waals surface area contributed by atoms with E-state index in [9.17, 15) is 19.8 Å². The quantitative estimate of drug-likeness (QED) is 0.455. The van der Waals surface area contributed by atoms with E-state index in [1.807, 2.05) is 51.1 Å². The Morgan fingerprint density at radius 3 is 2.29 bits per heavy atom. The van der Waals surface area contributed by atoms with E-state index < -0.39 is 17.5 Å². The molecule has 31 heavy (non-hydrogen) atoms. The molecule has 0 amide bonds. The van der Waals surface area contributed by atoms with Gasteiger partial charge in [0.15, 0.2) is 0 Å². The molecule has 0 aliphatic carbocycles. The third kappa shape index (κ3) is 6.55. The fourth-order valence-electron chi connectivity index (χ4n) is 3.00. The van der Waals surface area contributed by atoms with Crippen LogP contribution in [-0.2, 0) is 6.61 Å². The van der Waals surface area contributed by atoms with Crippen LogP contribution in [0.25, 0.3) is 5.57 Å². The van der Waals surface area contributed by atoms with Crippen molar-refractivity contribution in [1.29, 1.82) is 0 Å². The first-order valence-electron chi connectivity index (χ1n) is 10.1. The summed E-state index contributed by atoms with van der Waals surface area (Å²) in [6, 6.07) is 11.6. The number of allylic oxidation sites excluding steroid dienone is 3. The van der Waals surface area contributed by atoms with Gasteiger partial charge >= 0.3 is 11.9 Å². The van der Waals surface area contributed by atoms with Gasteiger partial charge in [-0.2, -0.15) is 0 Å². The molecule has 6 nitrogen and oxygen atoms in total. The van der Waals surface area contributed by atoms with E-state index >= 15 is 0 Å². The summed E-state index contributed by atoms with van der Waals surface area (Å²) in [7, 11) is 0. The molecule has 0 saturated carbocycles. The highest BCUT2D eigenvalue weighted by atomic mass is 16.5. The second kappa shape index (κ2) is 10.6. The summed E-state index contributed by atoms with van der Waals surface area (Å²) in [5.74, 6) is -1.98. The predicted octanol–water partition coefficient (Wildman–Crippen LogP) is 5.17. The number of rotatable bonds is 10. The number of hydrogen-bond donors (Lipinski definition) is 3. The molecule has 0 bridgehead atoms. The SMILES string of the molecule is CCC(O)(/C=C/C=C(\C)c1cccc(OCc2ccc(C(=O)O)c(C(=O)O)c2)c1)CC. The van der Waals surface area contributed by atoms with Crippen molar-refractivity contribution in [2.75, 3.05) is 0 Å². The van der Waals surface area contributed by atoms with E-state index in [2.05, 4.69) is 0 Å². The first-order valence-corrected chi connectivity index (χ1v) is 10.1. The number of ether oxygens (including phenoxy) is 1. The van der Waals surface area contributed by atoms with Gasteiger partial charge in [-0.1, -0.05) is 50.3 Å². The minimum Gasteiger partial charge on any atom is -0.489 e. The monoisotopic (exact) mass is 424 g/mol. The number of aliphatic hydroxyl groups is 1. The van der Waals surface area contributed by atoms with Crippen molar-refractivity contribution in [3.8, 4) is 5.75 Å². The van der Waals surface area contributed by atoms with Gasteiger partial charge in [0.05, 0.1) is 16.7 Å². The van der Waals surface area contributed by atoms with E-state index in [1.165, 1.54) is 18.2 Å². The van der Waals surface area contributed by atoms with Crippen molar-refractivity contribution < 1.29 is 29.6 Å². The maximum atomic E-state index is 11.3. The molecule has 0 spiro atoms. The van der Waals surface area contributed by atoms with Crippen LogP contribution >= 0.6 is 0 Å². The van der Waals surface area contributed by atoms with Crippen LogP contribution in [0, 0.1) is 0 Å². The average molecular weight is 424 g/mol. The summed E-state index contributed by atoms with van der Waals surface area (Å²) in [5, 5.41) is 28.7. The van der Waals surface area contributed by atoms with E-state index in [-0.39, 0.29) is 17.7 Å². The molecule has 3 N–H and O–H groups in total. The van der Waals surface area contributed by atoms with Gasteiger partial charge in [0.25, 0.3) is 0 Å². The zero-order chi connectivity index (χ0) is 23.0. The third-order valence-corrected chi connectivity index (χ3v) is 5.22. The fourth-order valence-corrected chi connectivity index (χ4v) is 3.00. The lowest BCUT2D eigenvalue weighted by Crippen LogP contribution is -2.22. The van der Waals surface area contributed by atoms with Gasteiger partial charge in [-0.15, -0.1) is 0 Å². The molecule has 2 aromatic rings. The standard InChI is InChI=1S/C25H28O6/c1-4-25(30,5-2)13-7-8-17(3)19-9-6-10-20(15-19)31-16-18-11-12-21(23(26)27)22(14-18)24(28)29/h6-15,30H,4-5,16H2,1-3H3,(H,26,27)(H,28,29)/b13-7+,17-8+. The number of carboxylic acids is 2. The van der Waals surface area contributed by atoms with Crippen molar-refractivity contribution in [3.63, 3.8) is 0 Å². The first kappa shape index (κ1) is 23.9. The number of carboxylic acid groups (broad SMARTS) is 2.